The molecule has 0 aliphatic heterocycles. The molecule has 12 heteroatoms. The molecule has 0 atom stereocenters. The van der Waals surface area contributed by atoms with Crippen molar-refractivity contribution in [2.45, 2.75) is 142 Å². The Morgan fingerprint density at radius 2 is 0.746 bits per heavy atom. The molecule has 0 aliphatic rings. The molecule has 362 valence electrons. The molecule has 0 saturated carbocycles. The van der Waals surface area contributed by atoms with Crippen molar-refractivity contribution in [3.63, 3.8) is 0 Å². The molecule has 0 radical (unpaired) electrons. The molecule has 0 aromatic heterocycles. The van der Waals surface area contributed by atoms with Crippen LogP contribution in [-0.4, -0.2) is 73.4 Å². The van der Waals surface area contributed by atoms with Gasteiger partial charge in [-0.3, -0.25) is 19.2 Å². The van der Waals surface area contributed by atoms with E-state index >= 15 is 0 Å². The van der Waals surface area contributed by atoms with Gasteiger partial charge in [0, 0.05) is 59.8 Å². The van der Waals surface area contributed by atoms with Crippen LogP contribution in [0, 0.1) is 35.5 Å². The van der Waals surface area contributed by atoms with E-state index in [2.05, 4.69) is 67.2 Å². The van der Waals surface area contributed by atoms with Crippen molar-refractivity contribution in [3.8, 4) is 0 Å². The highest BCUT2D eigenvalue weighted by Gasteiger charge is 2.09. The molecular weight excluding hydrogens is 805 g/mol. The van der Waals surface area contributed by atoms with E-state index < -0.39 is 5.97 Å². The lowest BCUT2D eigenvalue weighted by atomic mass is 10.0. The van der Waals surface area contributed by atoms with Gasteiger partial charge in [0.15, 0.2) is 11.6 Å². The van der Waals surface area contributed by atoms with Crippen LogP contribution < -0.4 is 0 Å². The standard InChI is InChI=1S/C11H18O3.C10H16O3.C9H16O2.C8H14O2.C7H12O.C6H10O/c1-8(2)10(12)6-5-7-14-11(13)9(3)4;1-4-10(12)13-7-5-6-9(11)8(2)3;1-7(2)5-6-11-9(10)8(3)4;1-4-8(9)10-6-5-7(2)3;1-5(2)7(8)6(3)4;1-4-6(7)5(2)3/h8H,3,5-7H2,1-2,4H3;4,8H,1,5-7H2,2-3H3;7H,3,5-6H2,1-2,4H3;4,7H,1,5-6H2,2-3H3;6H,1H2,2-4H3;4-5H,1H2,2-3H3. The lowest BCUT2D eigenvalue weighted by Crippen LogP contribution is -2.10. The molecule has 0 saturated heterocycles. The van der Waals surface area contributed by atoms with E-state index in [1.54, 1.807) is 20.8 Å². The van der Waals surface area contributed by atoms with Crippen LogP contribution in [-0.2, 0) is 57.3 Å². The molecule has 0 spiro atoms. The molecule has 0 unspecified atom stereocenters. The lowest BCUT2D eigenvalue weighted by molar-refractivity contribution is -0.140. The van der Waals surface area contributed by atoms with Gasteiger partial charge in [-0.1, -0.05) is 123 Å². The van der Waals surface area contributed by atoms with Crippen molar-refractivity contribution in [1.82, 2.24) is 0 Å². The number of hydrogen-bond donors (Lipinski definition) is 0. The Morgan fingerprint density at radius 1 is 0.429 bits per heavy atom. The van der Waals surface area contributed by atoms with Crippen LogP contribution in [0.2, 0.25) is 0 Å². The third-order valence-electron chi connectivity index (χ3n) is 7.51. The van der Waals surface area contributed by atoms with E-state index in [0.717, 1.165) is 18.9 Å². The summed E-state index contributed by atoms with van der Waals surface area (Å²) in [7, 11) is 0. The van der Waals surface area contributed by atoms with Crippen molar-refractivity contribution < 1.29 is 57.3 Å². The topological polar surface area (TPSA) is 173 Å². The van der Waals surface area contributed by atoms with Crippen LogP contribution in [0.1, 0.15) is 142 Å². The Kier molecular flexibility index (Phi) is 49.8. The van der Waals surface area contributed by atoms with Crippen LogP contribution >= 0.6 is 0 Å². The second-order valence-electron chi connectivity index (χ2n) is 16.5. The Bertz CT molecular complexity index is 1420. The minimum Gasteiger partial charge on any atom is -0.463 e. The fourth-order valence-electron chi connectivity index (χ4n) is 3.28. The summed E-state index contributed by atoms with van der Waals surface area (Å²) in [5.74, 6) is 0.735. The largest absolute Gasteiger partial charge is 0.463 e. The minimum atomic E-state index is -0.433. The predicted molar refractivity (Wildman–Crippen MR) is 256 cm³/mol. The summed E-state index contributed by atoms with van der Waals surface area (Å²) in [6.07, 6.45) is 7.61. The first kappa shape index (κ1) is 69.7. The van der Waals surface area contributed by atoms with Gasteiger partial charge in [0.05, 0.1) is 26.4 Å². The van der Waals surface area contributed by atoms with Gasteiger partial charge in [0.25, 0.3) is 0 Å². The summed E-state index contributed by atoms with van der Waals surface area (Å²) in [5, 5.41) is 0. The normalized spacial score (nSPS) is 9.67. The Morgan fingerprint density at radius 3 is 0.968 bits per heavy atom. The maximum Gasteiger partial charge on any atom is 0.333 e. The number of Topliss-reactive ketones (excluding diaryl/α,β-unsaturated/α-hetero) is 3. The average Bonchev–Trinajstić information content (AvgIpc) is 3.20. The molecule has 63 heavy (non-hydrogen) atoms. The zero-order valence-electron chi connectivity index (χ0n) is 41.9. The maximum absolute atomic E-state index is 11.2. The summed E-state index contributed by atoms with van der Waals surface area (Å²) in [6, 6.07) is 0. The molecule has 12 nitrogen and oxygen atoms in total. The van der Waals surface area contributed by atoms with Gasteiger partial charge in [-0.2, -0.15) is 0 Å². The van der Waals surface area contributed by atoms with E-state index in [0.29, 0.717) is 80.7 Å². The van der Waals surface area contributed by atoms with Crippen molar-refractivity contribution in [3.05, 3.63) is 74.4 Å². The van der Waals surface area contributed by atoms with Gasteiger partial charge < -0.3 is 18.9 Å². The average molecular weight is 891 g/mol. The number of carbonyl (C=O) groups is 8. The van der Waals surface area contributed by atoms with Gasteiger partial charge in [-0.25, -0.2) is 19.2 Å². The molecular formula is C51H86O12. The summed E-state index contributed by atoms with van der Waals surface area (Å²) in [6.45, 7) is 50.2. The minimum absolute atomic E-state index is 0.0619. The number of ketones is 4. The number of carbonyl (C=O) groups excluding carboxylic acids is 8. The Balaban J connectivity index is -0.000000157. The quantitative estimate of drug-likeness (QED) is 0.0389. The number of rotatable bonds is 24. The molecule has 0 amide bonds. The van der Waals surface area contributed by atoms with E-state index in [1.807, 2.05) is 55.4 Å². The second kappa shape index (κ2) is 45.0. The number of hydrogen-bond acceptors (Lipinski definition) is 12. The lowest BCUT2D eigenvalue weighted by Gasteiger charge is -2.05. The highest BCUT2D eigenvalue weighted by Crippen LogP contribution is 2.05. The summed E-state index contributed by atoms with van der Waals surface area (Å²) in [5.41, 5.74) is 1.51. The first-order valence-electron chi connectivity index (χ1n) is 21.6. The SMILES string of the molecule is C=C(C)C(=O)C(C)C.C=C(C)C(=O)OCCC(C)C.C=C(C)C(=O)OCCCC(=O)C(C)C.C=CC(=O)C(C)C.C=CC(=O)OCCC(C)C.C=CC(=O)OCCCC(=O)C(C)C. The van der Waals surface area contributed by atoms with Gasteiger partial charge in [0.2, 0.25) is 0 Å². The third kappa shape index (κ3) is 57.0. The smallest absolute Gasteiger partial charge is 0.333 e. The zero-order valence-corrected chi connectivity index (χ0v) is 41.9. The van der Waals surface area contributed by atoms with Gasteiger partial charge >= 0.3 is 23.9 Å². The first-order chi connectivity index (χ1) is 29.0. The molecule has 0 fully saturated rings. The van der Waals surface area contributed by atoms with Gasteiger partial charge in [-0.05, 0) is 69.9 Å². The Hall–Kier alpha value is -5.00. The van der Waals surface area contributed by atoms with Crippen LogP contribution in [0.3, 0.4) is 0 Å². The molecule has 0 rings (SSSR count). The van der Waals surface area contributed by atoms with Crippen molar-refractivity contribution in [2.75, 3.05) is 26.4 Å². The van der Waals surface area contributed by atoms with Crippen LogP contribution in [0.5, 0.6) is 0 Å². The molecule has 0 bridgehead atoms. The molecule has 0 aromatic carbocycles. The van der Waals surface area contributed by atoms with E-state index in [9.17, 15) is 38.4 Å². The zero-order chi connectivity index (χ0) is 50.8. The van der Waals surface area contributed by atoms with Crippen LogP contribution in [0.25, 0.3) is 0 Å². The number of ether oxygens (including phenoxy) is 4. The fourth-order valence-corrected chi connectivity index (χ4v) is 3.28. The van der Waals surface area contributed by atoms with Crippen molar-refractivity contribution in [1.29, 1.82) is 0 Å². The van der Waals surface area contributed by atoms with E-state index in [4.69, 9.17) is 18.9 Å². The highest BCUT2D eigenvalue weighted by atomic mass is 16.5. The molecule has 0 aliphatic carbocycles. The molecule has 0 N–H and O–H groups in total. The van der Waals surface area contributed by atoms with E-state index in [-0.39, 0.29) is 64.7 Å². The van der Waals surface area contributed by atoms with Gasteiger partial charge in [-0.15, -0.1) is 0 Å². The highest BCUT2D eigenvalue weighted by molar-refractivity contribution is 5.95. The predicted octanol–water partition coefficient (Wildman–Crippen LogP) is 10.9. The fraction of sp³-hybridized carbons (Fsp3) is 0.608. The summed E-state index contributed by atoms with van der Waals surface area (Å²) in [4.78, 5) is 86.1. The molecule has 0 heterocycles. The van der Waals surface area contributed by atoms with Gasteiger partial charge in [0.1, 0.15) is 11.6 Å². The maximum atomic E-state index is 11.2. The monoisotopic (exact) mass is 891 g/mol. The van der Waals surface area contributed by atoms with E-state index in [1.165, 1.54) is 12.2 Å². The Labute approximate surface area is 382 Å². The number of esters is 4. The number of allylic oxidation sites excluding steroid dienone is 2. The molecule has 0 aromatic rings. The van der Waals surface area contributed by atoms with Crippen molar-refractivity contribution >= 4 is 47.0 Å². The van der Waals surface area contributed by atoms with Crippen LogP contribution in [0.4, 0.5) is 0 Å². The second-order valence-corrected chi connectivity index (χ2v) is 16.5. The van der Waals surface area contributed by atoms with Crippen LogP contribution in [0.15, 0.2) is 74.4 Å². The first-order valence-corrected chi connectivity index (χ1v) is 21.6. The van der Waals surface area contributed by atoms with Crippen molar-refractivity contribution in [2.24, 2.45) is 35.5 Å². The third-order valence-corrected chi connectivity index (χ3v) is 7.51. The summed E-state index contributed by atoms with van der Waals surface area (Å²) >= 11 is 0. The summed E-state index contributed by atoms with van der Waals surface area (Å²) < 4.78 is 19.2.